The van der Waals surface area contributed by atoms with E-state index in [9.17, 15) is 4.39 Å². The molecule has 1 aromatic rings. The summed E-state index contributed by atoms with van der Waals surface area (Å²) in [6.45, 7) is 1.54. The summed E-state index contributed by atoms with van der Waals surface area (Å²) in [7, 11) is 1.91. The second-order valence-corrected chi connectivity index (χ2v) is 3.09. The lowest BCUT2D eigenvalue weighted by Crippen LogP contribution is -2.09. The molecule has 0 saturated carbocycles. The van der Waals surface area contributed by atoms with E-state index >= 15 is 0 Å². The molecule has 1 aromatic carbocycles. The first-order valence-electron chi connectivity index (χ1n) is 4.86. The minimum atomic E-state index is -0.291. The van der Waals surface area contributed by atoms with Gasteiger partial charge in [-0.2, -0.15) is 0 Å². The summed E-state index contributed by atoms with van der Waals surface area (Å²) in [5.74, 6) is 0.0538. The van der Waals surface area contributed by atoms with Crippen molar-refractivity contribution in [2.45, 2.75) is 12.8 Å². The molecular weight excluding hydrogens is 181 g/mol. The number of hydrogen-bond donors (Lipinski definition) is 1. The van der Waals surface area contributed by atoms with Gasteiger partial charge in [-0.25, -0.2) is 4.39 Å². The lowest BCUT2D eigenvalue weighted by atomic mass is 10.3. The van der Waals surface area contributed by atoms with Gasteiger partial charge in [0.2, 0.25) is 0 Å². The van der Waals surface area contributed by atoms with Gasteiger partial charge in [-0.05, 0) is 38.6 Å². The fourth-order valence-corrected chi connectivity index (χ4v) is 1.15. The molecule has 0 spiro atoms. The van der Waals surface area contributed by atoms with E-state index in [1.807, 2.05) is 7.05 Å². The van der Waals surface area contributed by atoms with Crippen LogP contribution in [0.3, 0.4) is 0 Å². The number of rotatable bonds is 6. The Labute approximate surface area is 84.1 Å². The Morgan fingerprint density at radius 3 is 2.79 bits per heavy atom. The molecule has 1 rings (SSSR count). The van der Waals surface area contributed by atoms with E-state index in [4.69, 9.17) is 4.74 Å². The molecule has 0 atom stereocenters. The summed E-state index contributed by atoms with van der Waals surface area (Å²) in [5, 5.41) is 3.05. The first-order chi connectivity index (χ1) is 6.84. The highest BCUT2D eigenvalue weighted by Gasteiger charge is 1.99. The Morgan fingerprint density at radius 2 is 2.07 bits per heavy atom. The SMILES string of the molecule is CNCCCCOc1ccccc1F. The summed E-state index contributed by atoms with van der Waals surface area (Å²) < 4.78 is 18.3. The molecule has 0 unspecified atom stereocenters. The van der Waals surface area contributed by atoms with E-state index in [1.165, 1.54) is 6.07 Å². The van der Waals surface area contributed by atoms with Crippen LogP contribution in [-0.2, 0) is 0 Å². The van der Waals surface area contributed by atoms with Crippen molar-refractivity contribution in [1.82, 2.24) is 5.32 Å². The zero-order chi connectivity index (χ0) is 10.2. The number of ether oxygens (including phenoxy) is 1. The normalized spacial score (nSPS) is 10.1. The van der Waals surface area contributed by atoms with Crippen molar-refractivity contribution in [3.05, 3.63) is 30.1 Å². The zero-order valence-electron chi connectivity index (χ0n) is 8.42. The van der Waals surface area contributed by atoms with Gasteiger partial charge >= 0.3 is 0 Å². The van der Waals surface area contributed by atoms with Crippen LogP contribution in [0.4, 0.5) is 4.39 Å². The fourth-order valence-electron chi connectivity index (χ4n) is 1.15. The first-order valence-corrected chi connectivity index (χ1v) is 4.86. The van der Waals surface area contributed by atoms with Crippen LogP contribution in [-0.4, -0.2) is 20.2 Å². The van der Waals surface area contributed by atoms with Gasteiger partial charge in [0.1, 0.15) is 0 Å². The maximum atomic E-state index is 13.0. The van der Waals surface area contributed by atoms with E-state index in [0.717, 1.165) is 19.4 Å². The van der Waals surface area contributed by atoms with Crippen molar-refractivity contribution in [3.8, 4) is 5.75 Å². The van der Waals surface area contributed by atoms with Crippen LogP contribution in [0.2, 0.25) is 0 Å². The molecule has 2 nitrogen and oxygen atoms in total. The lowest BCUT2D eigenvalue weighted by molar-refractivity contribution is 0.292. The largest absolute Gasteiger partial charge is 0.491 e. The smallest absolute Gasteiger partial charge is 0.165 e. The van der Waals surface area contributed by atoms with Crippen molar-refractivity contribution in [1.29, 1.82) is 0 Å². The van der Waals surface area contributed by atoms with Crippen LogP contribution >= 0.6 is 0 Å². The molecule has 0 aliphatic heterocycles. The molecule has 0 heterocycles. The molecule has 78 valence electrons. The number of unbranched alkanes of at least 4 members (excludes halogenated alkanes) is 1. The van der Waals surface area contributed by atoms with Gasteiger partial charge in [-0.3, -0.25) is 0 Å². The van der Waals surface area contributed by atoms with E-state index in [0.29, 0.717) is 12.4 Å². The van der Waals surface area contributed by atoms with E-state index < -0.39 is 0 Å². The van der Waals surface area contributed by atoms with Gasteiger partial charge in [0, 0.05) is 0 Å². The second kappa shape index (κ2) is 6.38. The number of hydrogen-bond acceptors (Lipinski definition) is 2. The number of halogens is 1. The van der Waals surface area contributed by atoms with Crippen molar-refractivity contribution in [2.75, 3.05) is 20.2 Å². The van der Waals surface area contributed by atoms with Crippen molar-refractivity contribution in [3.63, 3.8) is 0 Å². The summed E-state index contributed by atoms with van der Waals surface area (Å²) in [4.78, 5) is 0. The molecule has 14 heavy (non-hydrogen) atoms. The summed E-state index contributed by atoms with van der Waals surface area (Å²) in [6, 6.07) is 6.48. The third-order valence-corrected chi connectivity index (χ3v) is 1.92. The monoisotopic (exact) mass is 197 g/mol. The third-order valence-electron chi connectivity index (χ3n) is 1.92. The summed E-state index contributed by atoms with van der Waals surface area (Å²) in [6.07, 6.45) is 1.99. The van der Waals surface area contributed by atoms with Crippen LogP contribution in [0.1, 0.15) is 12.8 Å². The number of nitrogens with one attached hydrogen (secondary N) is 1. The Balaban J connectivity index is 2.21. The van der Waals surface area contributed by atoms with Gasteiger partial charge in [0.25, 0.3) is 0 Å². The van der Waals surface area contributed by atoms with Crippen LogP contribution in [0, 0.1) is 5.82 Å². The Bertz CT molecular complexity index is 265. The molecule has 1 N–H and O–H groups in total. The number of para-hydroxylation sites is 1. The van der Waals surface area contributed by atoms with Crippen molar-refractivity contribution >= 4 is 0 Å². The van der Waals surface area contributed by atoms with Crippen molar-refractivity contribution < 1.29 is 9.13 Å². The Hall–Kier alpha value is -1.09. The quantitative estimate of drug-likeness (QED) is 0.706. The van der Waals surface area contributed by atoms with Gasteiger partial charge in [-0.15, -0.1) is 0 Å². The van der Waals surface area contributed by atoms with E-state index in [2.05, 4.69) is 5.32 Å². The standard InChI is InChI=1S/C11H16FNO/c1-13-8-4-5-9-14-11-7-3-2-6-10(11)12/h2-3,6-7,13H,4-5,8-9H2,1H3. The minimum Gasteiger partial charge on any atom is -0.491 e. The molecule has 0 aliphatic rings. The lowest BCUT2D eigenvalue weighted by Gasteiger charge is -2.06. The van der Waals surface area contributed by atoms with Gasteiger partial charge in [-0.1, -0.05) is 12.1 Å². The van der Waals surface area contributed by atoms with Gasteiger partial charge < -0.3 is 10.1 Å². The van der Waals surface area contributed by atoms with Gasteiger partial charge in [0.05, 0.1) is 6.61 Å². The second-order valence-electron chi connectivity index (χ2n) is 3.09. The number of benzene rings is 1. The van der Waals surface area contributed by atoms with E-state index in [1.54, 1.807) is 18.2 Å². The highest BCUT2D eigenvalue weighted by Crippen LogP contribution is 2.15. The molecule has 0 aliphatic carbocycles. The first kappa shape index (κ1) is 11.0. The fraction of sp³-hybridized carbons (Fsp3) is 0.455. The molecule has 0 bridgehead atoms. The molecule has 0 radical (unpaired) electrons. The van der Waals surface area contributed by atoms with Crippen LogP contribution < -0.4 is 10.1 Å². The topological polar surface area (TPSA) is 21.3 Å². The highest BCUT2D eigenvalue weighted by atomic mass is 19.1. The predicted octanol–water partition coefficient (Wildman–Crippen LogP) is 2.20. The van der Waals surface area contributed by atoms with Crippen LogP contribution in [0.15, 0.2) is 24.3 Å². The molecular formula is C11H16FNO. The highest BCUT2D eigenvalue weighted by molar-refractivity contribution is 5.23. The summed E-state index contributed by atoms with van der Waals surface area (Å²) >= 11 is 0. The predicted molar refractivity (Wildman–Crippen MR) is 55.1 cm³/mol. The molecule has 0 amide bonds. The zero-order valence-corrected chi connectivity index (χ0v) is 8.42. The average molecular weight is 197 g/mol. The Morgan fingerprint density at radius 1 is 1.29 bits per heavy atom. The van der Waals surface area contributed by atoms with E-state index in [-0.39, 0.29) is 5.82 Å². The third kappa shape index (κ3) is 3.75. The average Bonchev–Trinajstić information content (AvgIpc) is 2.20. The molecule has 0 aromatic heterocycles. The maximum Gasteiger partial charge on any atom is 0.165 e. The van der Waals surface area contributed by atoms with Crippen molar-refractivity contribution in [2.24, 2.45) is 0 Å². The maximum absolute atomic E-state index is 13.0. The minimum absolute atomic E-state index is 0.291. The Kier molecular flexibility index (Phi) is 5.00. The molecule has 0 saturated heterocycles. The van der Waals surface area contributed by atoms with Gasteiger partial charge in [0.15, 0.2) is 11.6 Å². The van der Waals surface area contributed by atoms with Crippen LogP contribution in [0.5, 0.6) is 5.75 Å². The molecule has 3 heteroatoms. The summed E-state index contributed by atoms with van der Waals surface area (Å²) in [5.41, 5.74) is 0. The molecule has 0 fully saturated rings. The van der Waals surface area contributed by atoms with Crippen LogP contribution in [0.25, 0.3) is 0 Å².